The number of ether oxygens (including phenoxy) is 1. The van der Waals surface area contributed by atoms with Crippen LogP contribution >= 0.6 is 0 Å². The Balaban J connectivity index is 0.000000422. The molecule has 0 radical (unpaired) electrons. The highest BCUT2D eigenvalue weighted by molar-refractivity contribution is 7.79. The van der Waals surface area contributed by atoms with E-state index in [4.69, 9.17) is 33.1 Å². The molecule has 126 valence electrons. The van der Waals surface area contributed by atoms with Crippen molar-refractivity contribution < 1.29 is 37.6 Å². The number of aliphatic hydroxyl groups excluding tert-OH is 3. The first-order valence-corrected chi connectivity index (χ1v) is 7.11. The minimum atomic E-state index is -4.67. The van der Waals surface area contributed by atoms with Crippen LogP contribution in [0, 0.1) is 0 Å². The summed E-state index contributed by atoms with van der Waals surface area (Å²) >= 11 is 0. The highest BCUT2D eigenvalue weighted by Gasteiger charge is 2.43. The third kappa shape index (κ3) is 4.99. The molecule has 22 heavy (non-hydrogen) atoms. The topological polar surface area (TPSA) is 205 Å². The average Bonchev–Trinajstić information content (AvgIpc) is 2.64. The smallest absolute Gasteiger partial charge is 0.394 e. The molecule has 1 aromatic rings. The van der Waals surface area contributed by atoms with E-state index in [2.05, 4.69) is 4.98 Å². The third-order valence-electron chi connectivity index (χ3n) is 2.64. The summed E-state index contributed by atoms with van der Waals surface area (Å²) in [6.45, 7) is -0.453. The lowest BCUT2D eigenvalue weighted by atomic mass is 10.1. The fourth-order valence-electron chi connectivity index (χ4n) is 1.73. The van der Waals surface area contributed by atoms with E-state index in [1.54, 1.807) is 0 Å². The van der Waals surface area contributed by atoms with Crippen LogP contribution in [-0.2, 0) is 15.1 Å². The maximum Gasteiger partial charge on any atom is 0.394 e. The van der Waals surface area contributed by atoms with Gasteiger partial charge in [0, 0.05) is 6.20 Å². The molecule has 0 aliphatic carbocycles. The van der Waals surface area contributed by atoms with Gasteiger partial charge in [0.25, 0.3) is 0 Å². The molecule has 4 atom stereocenters. The molecule has 12 nitrogen and oxygen atoms in total. The molecule has 2 rings (SSSR count). The SMILES string of the molecule is Nc1ccn([C@@H]2O[C@H](CO)[C@@H](O)[C@@H]2O)c(=O)n1.O=S(=O)(O)O. The maximum atomic E-state index is 11.5. The van der Waals surface area contributed by atoms with Gasteiger partial charge in [-0.2, -0.15) is 13.4 Å². The molecule has 1 aliphatic rings. The number of nitrogens with zero attached hydrogens (tertiary/aromatic N) is 2. The Labute approximate surface area is 124 Å². The second kappa shape index (κ2) is 7.10. The van der Waals surface area contributed by atoms with Crippen LogP contribution in [0.25, 0.3) is 0 Å². The molecule has 1 saturated heterocycles. The van der Waals surface area contributed by atoms with Crippen molar-refractivity contribution in [2.45, 2.75) is 24.5 Å². The van der Waals surface area contributed by atoms with E-state index in [-0.39, 0.29) is 5.82 Å². The second-order valence-electron chi connectivity index (χ2n) is 4.22. The van der Waals surface area contributed by atoms with Crippen LogP contribution in [-0.4, -0.2) is 67.3 Å². The van der Waals surface area contributed by atoms with Gasteiger partial charge >= 0.3 is 16.1 Å². The van der Waals surface area contributed by atoms with Gasteiger partial charge in [0.15, 0.2) is 6.23 Å². The highest BCUT2D eigenvalue weighted by atomic mass is 32.3. The van der Waals surface area contributed by atoms with Crippen molar-refractivity contribution in [3.05, 3.63) is 22.7 Å². The Kier molecular flexibility index (Phi) is 5.95. The van der Waals surface area contributed by atoms with E-state index in [1.807, 2.05) is 0 Å². The Hall–Kier alpha value is -1.61. The minimum Gasteiger partial charge on any atom is -0.394 e. The molecule has 13 heteroatoms. The Morgan fingerprint density at radius 2 is 1.86 bits per heavy atom. The van der Waals surface area contributed by atoms with E-state index < -0.39 is 47.2 Å². The fraction of sp³-hybridized carbons (Fsp3) is 0.556. The monoisotopic (exact) mass is 341 g/mol. The standard InChI is InChI=1S/C9H13N3O5.H2O4S/c10-5-1-2-12(9(16)11-5)8-7(15)6(14)4(3-13)17-8;1-5(2,3)4/h1-2,4,6-8,13-15H,3H2,(H2,10,11,16);(H2,1,2,3,4)/t4-,6-,7+,8-;/m1./s1. The zero-order valence-corrected chi connectivity index (χ0v) is 11.7. The lowest BCUT2D eigenvalue weighted by Crippen LogP contribution is -2.36. The van der Waals surface area contributed by atoms with Crippen LogP contribution in [0.15, 0.2) is 17.1 Å². The van der Waals surface area contributed by atoms with Crippen molar-refractivity contribution in [2.24, 2.45) is 0 Å². The van der Waals surface area contributed by atoms with Gasteiger partial charge in [-0.15, -0.1) is 0 Å². The molecule has 7 N–H and O–H groups in total. The number of aliphatic hydroxyl groups is 3. The van der Waals surface area contributed by atoms with Crippen molar-refractivity contribution in [1.82, 2.24) is 9.55 Å². The first-order valence-electron chi connectivity index (χ1n) is 5.71. The maximum absolute atomic E-state index is 11.5. The van der Waals surface area contributed by atoms with E-state index in [0.717, 1.165) is 4.57 Å². The number of hydrogen-bond acceptors (Lipinski definition) is 9. The second-order valence-corrected chi connectivity index (χ2v) is 5.11. The number of anilines is 1. The molecule has 1 aromatic heterocycles. The molecule has 1 fully saturated rings. The van der Waals surface area contributed by atoms with E-state index in [1.165, 1.54) is 12.3 Å². The van der Waals surface area contributed by atoms with Gasteiger partial charge in [-0.25, -0.2) is 4.79 Å². The van der Waals surface area contributed by atoms with Crippen LogP contribution in [0.3, 0.4) is 0 Å². The van der Waals surface area contributed by atoms with Crippen LogP contribution < -0.4 is 11.4 Å². The molecule has 0 unspecified atom stereocenters. The molecular formula is C9H15N3O9S. The summed E-state index contributed by atoms with van der Waals surface area (Å²) in [7, 11) is -4.67. The Morgan fingerprint density at radius 3 is 2.27 bits per heavy atom. The van der Waals surface area contributed by atoms with Gasteiger partial charge in [-0.3, -0.25) is 13.7 Å². The summed E-state index contributed by atoms with van der Waals surface area (Å²) in [4.78, 5) is 15.0. The quantitative estimate of drug-likeness (QED) is 0.295. The van der Waals surface area contributed by atoms with Crippen molar-refractivity contribution >= 4 is 16.2 Å². The highest BCUT2D eigenvalue weighted by Crippen LogP contribution is 2.27. The number of rotatable bonds is 2. The lowest BCUT2D eigenvalue weighted by Gasteiger charge is -2.16. The minimum absolute atomic E-state index is 0.0537. The first-order chi connectivity index (χ1) is 10.0. The first kappa shape index (κ1) is 18.4. The van der Waals surface area contributed by atoms with Gasteiger partial charge < -0.3 is 25.8 Å². The largest absolute Gasteiger partial charge is 0.394 e. The van der Waals surface area contributed by atoms with Crippen molar-refractivity contribution in [3.8, 4) is 0 Å². The number of nitrogen functional groups attached to an aromatic ring is 1. The van der Waals surface area contributed by atoms with Gasteiger partial charge in [0.05, 0.1) is 6.61 Å². The summed E-state index contributed by atoms with van der Waals surface area (Å²) < 4.78 is 37.8. The summed E-state index contributed by atoms with van der Waals surface area (Å²) in [6.07, 6.45) is -3.27. The zero-order valence-electron chi connectivity index (χ0n) is 10.9. The fourth-order valence-corrected chi connectivity index (χ4v) is 1.73. The molecule has 2 heterocycles. The molecule has 0 spiro atoms. The Morgan fingerprint density at radius 1 is 1.32 bits per heavy atom. The summed E-state index contributed by atoms with van der Waals surface area (Å²) in [5, 5.41) is 28.2. The number of hydrogen-bond donors (Lipinski definition) is 6. The molecule has 0 aromatic carbocycles. The molecular weight excluding hydrogens is 326 g/mol. The summed E-state index contributed by atoms with van der Waals surface area (Å²) in [5.41, 5.74) is 4.63. The van der Waals surface area contributed by atoms with Gasteiger partial charge in [-0.1, -0.05) is 0 Å². The lowest BCUT2D eigenvalue weighted by molar-refractivity contribution is -0.0549. The summed E-state index contributed by atoms with van der Waals surface area (Å²) in [6, 6.07) is 1.37. The van der Waals surface area contributed by atoms with E-state index >= 15 is 0 Å². The van der Waals surface area contributed by atoms with E-state index in [9.17, 15) is 15.0 Å². The average molecular weight is 341 g/mol. The molecule has 0 saturated carbocycles. The van der Waals surface area contributed by atoms with Crippen molar-refractivity contribution in [3.63, 3.8) is 0 Å². The number of aromatic nitrogens is 2. The molecule has 0 amide bonds. The number of nitrogens with two attached hydrogens (primary N) is 1. The van der Waals surface area contributed by atoms with Gasteiger partial charge in [0.1, 0.15) is 24.1 Å². The van der Waals surface area contributed by atoms with E-state index in [0.29, 0.717) is 0 Å². The van der Waals surface area contributed by atoms with Crippen molar-refractivity contribution in [2.75, 3.05) is 12.3 Å². The molecule has 0 bridgehead atoms. The normalized spacial score (nSPS) is 28.0. The predicted octanol–water partition coefficient (Wildman–Crippen LogP) is -3.22. The predicted molar refractivity (Wildman–Crippen MR) is 70.1 cm³/mol. The Bertz CT molecular complexity index is 653. The third-order valence-corrected chi connectivity index (χ3v) is 2.64. The van der Waals surface area contributed by atoms with Crippen LogP contribution in [0.2, 0.25) is 0 Å². The molecule has 1 aliphatic heterocycles. The van der Waals surface area contributed by atoms with Gasteiger partial charge in [0.2, 0.25) is 0 Å². The zero-order chi connectivity index (χ0) is 17.1. The van der Waals surface area contributed by atoms with Crippen LogP contribution in [0.4, 0.5) is 5.82 Å². The summed E-state index contributed by atoms with van der Waals surface area (Å²) in [5.74, 6) is 0.0537. The van der Waals surface area contributed by atoms with Crippen LogP contribution in [0.5, 0.6) is 0 Å². The van der Waals surface area contributed by atoms with Crippen LogP contribution in [0.1, 0.15) is 6.23 Å². The van der Waals surface area contributed by atoms with Gasteiger partial charge in [-0.05, 0) is 6.07 Å². The van der Waals surface area contributed by atoms with Crippen molar-refractivity contribution in [1.29, 1.82) is 0 Å².